The van der Waals surface area contributed by atoms with Gasteiger partial charge in [-0.05, 0) is 41.1 Å². The fourth-order valence-corrected chi connectivity index (χ4v) is 2.81. The molecule has 0 aliphatic heterocycles. The molecule has 0 amide bonds. The molecule has 0 aromatic heterocycles. The molecule has 0 radical (unpaired) electrons. The Hall–Kier alpha value is 0.240. The predicted octanol–water partition coefficient (Wildman–Crippen LogP) is 3.03. The first-order valence-electron chi connectivity index (χ1n) is 7.28. The molecule has 2 unspecified atom stereocenters. The van der Waals surface area contributed by atoms with Crippen LogP contribution in [0.25, 0.3) is 0 Å². The quantitative estimate of drug-likeness (QED) is 0.342. The van der Waals surface area contributed by atoms with Crippen molar-refractivity contribution in [1.29, 1.82) is 0 Å². The van der Waals surface area contributed by atoms with Crippen LogP contribution in [-0.2, 0) is 23.7 Å². The minimum atomic E-state index is -0.623. The molecule has 0 aromatic carbocycles. The Morgan fingerprint density at radius 1 is 1.09 bits per heavy atom. The molecule has 0 saturated carbocycles. The Bertz CT molecular complexity index is 362. The van der Waals surface area contributed by atoms with Gasteiger partial charge in [0.2, 0.25) is 0 Å². The van der Waals surface area contributed by atoms with E-state index >= 15 is 0 Å². The van der Waals surface area contributed by atoms with Crippen LogP contribution in [0.1, 0.15) is 6.92 Å². The van der Waals surface area contributed by atoms with Gasteiger partial charge in [-0.1, -0.05) is 15.9 Å². The SMILES string of the molecule is CCOC1(Br)C=CC(Br)=CC1OCCOCCOCCOC. The lowest BCUT2D eigenvalue weighted by Crippen LogP contribution is -2.40. The number of ether oxygens (including phenoxy) is 5. The van der Waals surface area contributed by atoms with Gasteiger partial charge in [0.05, 0.1) is 39.6 Å². The van der Waals surface area contributed by atoms with Crippen LogP contribution in [-0.4, -0.2) is 64.0 Å². The number of hydrogen-bond donors (Lipinski definition) is 0. The lowest BCUT2D eigenvalue weighted by Gasteiger charge is -2.33. The van der Waals surface area contributed by atoms with Crippen molar-refractivity contribution in [2.24, 2.45) is 0 Å². The summed E-state index contributed by atoms with van der Waals surface area (Å²) < 4.78 is 27.6. The van der Waals surface area contributed by atoms with E-state index < -0.39 is 4.51 Å². The molecule has 128 valence electrons. The maximum absolute atomic E-state index is 5.85. The zero-order valence-electron chi connectivity index (χ0n) is 13.1. The summed E-state index contributed by atoms with van der Waals surface area (Å²) in [7, 11) is 1.65. The van der Waals surface area contributed by atoms with Crippen LogP contribution in [0.5, 0.6) is 0 Å². The molecule has 1 aliphatic carbocycles. The third-order valence-corrected chi connectivity index (χ3v) is 4.34. The first-order chi connectivity index (χ1) is 10.6. The molecular weight excluding hydrogens is 420 g/mol. The minimum absolute atomic E-state index is 0.214. The van der Waals surface area contributed by atoms with Crippen LogP contribution >= 0.6 is 31.9 Å². The van der Waals surface area contributed by atoms with E-state index in [2.05, 4.69) is 31.9 Å². The van der Waals surface area contributed by atoms with Crippen molar-refractivity contribution in [2.45, 2.75) is 17.5 Å². The summed E-state index contributed by atoms with van der Waals surface area (Å²) in [5.74, 6) is 0. The molecule has 1 rings (SSSR count). The van der Waals surface area contributed by atoms with Gasteiger partial charge in [0.1, 0.15) is 6.10 Å². The number of rotatable bonds is 12. The van der Waals surface area contributed by atoms with Gasteiger partial charge >= 0.3 is 0 Å². The maximum Gasteiger partial charge on any atom is 0.171 e. The van der Waals surface area contributed by atoms with E-state index in [0.29, 0.717) is 46.2 Å². The topological polar surface area (TPSA) is 46.2 Å². The molecule has 0 aromatic rings. The molecule has 22 heavy (non-hydrogen) atoms. The van der Waals surface area contributed by atoms with Crippen molar-refractivity contribution in [1.82, 2.24) is 0 Å². The Morgan fingerprint density at radius 3 is 2.36 bits per heavy atom. The van der Waals surface area contributed by atoms with Crippen molar-refractivity contribution >= 4 is 31.9 Å². The van der Waals surface area contributed by atoms with E-state index in [-0.39, 0.29) is 6.10 Å². The maximum atomic E-state index is 5.85. The molecule has 7 heteroatoms. The van der Waals surface area contributed by atoms with Crippen molar-refractivity contribution in [2.75, 3.05) is 53.4 Å². The predicted molar refractivity (Wildman–Crippen MR) is 92.7 cm³/mol. The molecule has 0 N–H and O–H groups in total. The number of allylic oxidation sites excluding steroid dienone is 2. The number of hydrogen-bond acceptors (Lipinski definition) is 5. The van der Waals surface area contributed by atoms with Crippen LogP contribution in [0.15, 0.2) is 22.7 Å². The van der Waals surface area contributed by atoms with Gasteiger partial charge < -0.3 is 23.7 Å². The van der Waals surface area contributed by atoms with E-state index in [1.165, 1.54) is 0 Å². The Morgan fingerprint density at radius 2 is 1.73 bits per heavy atom. The monoisotopic (exact) mass is 442 g/mol. The Kier molecular flexibility index (Phi) is 10.8. The van der Waals surface area contributed by atoms with Crippen molar-refractivity contribution < 1.29 is 23.7 Å². The lowest BCUT2D eigenvalue weighted by atomic mass is 10.1. The average Bonchev–Trinajstić information content (AvgIpc) is 2.49. The third-order valence-electron chi connectivity index (χ3n) is 2.86. The molecular formula is C15H24Br2O5. The zero-order chi connectivity index (χ0) is 16.3. The standard InChI is InChI=1S/C15H24Br2O5/c1-3-22-15(17)5-4-13(16)12-14(15)21-11-10-20-9-8-19-7-6-18-2/h4-5,12,14H,3,6-11H2,1-2H3. The molecule has 0 saturated heterocycles. The fraction of sp³-hybridized carbons (Fsp3) is 0.733. The van der Waals surface area contributed by atoms with Crippen LogP contribution in [0, 0.1) is 0 Å². The molecule has 0 bridgehead atoms. The highest BCUT2D eigenvalue weighted by molar-refractivity contribution is 9.12. The summed E-state index contributed by atoms with van der Waals surface area (Å²) in [5.41, 5.74) is 0. The second-order valence-electron chi connectivity index (χ2n) is 4.52. The third kappa shape index (κ3) is 7.68. The van der Waals surface area contributed by atoms with E-state index in [9.17, 15) is 0 Å². The lowest BCUT2D eigenvalue weighted by molar-refractivity contribution is -0.0605. The molecule has 0 fully saturated rings. The summed E-state index contributed by atoms with van der Waals surface area (Å²) in [6, 6.07) is 0. The minimum Gasteiger partial charge on any atom is -0.382 e. The van der Waals surface area contributed by atoms with Gasteiger partial charge in [-0.25, -0.2) is 0 Å². The largest absolute Gasteiger partial charge is 0.382 e. The molecule has 0 spiro atoms. The summed E-state index contributed by atoms with van der Waals surface area (Å²) in [4.78, 5) is 0. The van der Waals surface area contributed by atoms with E-state index in [1.807, 2.05) is 25.2 Å². The number of alkyl halides is 1. The van der Waals surface area contributed by atoms with Gasteiger partial charge in [-0.2, -0.15) is 0 Å². The highest BCUT2D eigenvalue weighted by Gasteiger charge is 2.36. The highest BCUT2D eigenvalue weighted by atomic mass is 79.9. The van der Waals surface area contributed by atoms with E-state index in [4.69, 9.17) is 23.7 Å². The van der Waals surface area contributed by atoms with Crippen molar-refractivity contribution in [3.8, 4) is 0 Å². The summed E-state index contributed by atoms with van der Waals surface area (Å²) in [5, 5.41) is 0. The Balaban J connectivity index is 2.18. The molecule has 2 atom stereocenters. The normalized spacial score (nSPS) is 24.5. The van der Waals surface area contributed by atoms with Crippen LogP contribution in [0.3, 0.4) is 0 Å². The van der Waals surface area contributed by atoms with Crippen LogP contribution < -0.4 is 0 Å². The number of halogens is 2. The van der Waals surface area contributed by atoms with Crippen LogP contribution in [0.2, 0.25) is 0 Å². The number of methoxy groups -OCH3 is 1. The summed E-state index contributed by atoms with van der Waals surface area (Å²) in [6.45, 7) is 5.82. The van der Waals surface area contributed by atoms with Crippen LogP contribution in [0.4, 0.5) is 0 Å². The fourth-order valence-electron chi connectivity index (χ4n) is 1.81. The second-order valence-corrected chi connectivity index (χ2v) is 6.68. The van der Waals surface area contributed by atoms with E-state index in [0.717, 1.165) is 4.48 Å². The first kappa shape index (κ1) is 20.3. The van der Waals surface area contributed by atoms with Gasteiger partial charge in [0.15, 0.2) is 4.51 Å². The van der Waals surface area contributed by atoms with Crippen molar-refractivity contribution in [3.05, 3.63) is 22.7 Å². The second kappa shape index (κ2) is 11.7. The Labute approximate surface area is 149 Å². The highest BCUT2D eigenvalue weighted by Crippen LogP contribution is 2.34. The zero-order valence-corrected chi connectivity index (χ0v) is 16.2. The molecule has 5 nitrogen and oxygen atoms in total. The van der Waals surface area contributed by atoms with Gasteiger partial charge in [0, 0.05) is 18.2 Å². The summed E-state index contributed by atoms with van der Waals surface area (Å²) in [6.07, 6.45) is 5.64. The molecule has 1 aliphatic rings. The smallest absolute Gasteiger partial charge is 0.171 e. The van der Waals surface area contributed by atoms with E-state index in [1.54, 1.807) is 7.11 Å². The summed E-state index contributed by atoms with van der Waals surface area (Å²) >= 11 is 7.05. The molecule has 0 heterocycles. The van der Waals surface area contributed by atoms with Gasteiger partial charge in [-0.3, -0.25) is 0 Å². The van der Waals surface area contributed by atoms with Gasteiger partial charge in [0.25, 0.3) is 0 Å². The average molecular weight is 444 g/mol. The van der Waals surface area contributed by atoms with Crippen molar-refractivity contribution in [3.63, 3.8) is 0 Å². The first-order valence-corrected chi connectivity index (χ1v) is 8.86. The van der Waals surface area contributed by atoms with Gasteiger partial charge in [-0.15, -0.1) is 0 Å².